The van der Waals surface area contributed by atoms with Crippen LogP contribution in [0.5, 0.6) is 0 Å². The van der Waals surface area contributed by atoms with Gasteiger partial charge in [0.15, 0.2) is 0 Å². The summed E-state index contributed by atoms with van der Waals surface area (Å²) in [5.41, 5.74) is 2.08. The summed E-state index contributed by atoms with van der Waals surface area (Å²) in [6.07, 6.45) is 1.55. The molecule has 0 atom stereocenters. The predicted molar refractivity (Wildman–Crippen MR) is 104 cm³/mol. The Morgan fingerprint density at radius 2 is 1.88 bits per heavy atom. The lowest BCUT2D eigenvalue weighted by Crippen LogP contribution is -2.37. The maximum Gasteiger partial charge on any atom is 0.253 e. The third kappa shape index (κ3) is 4.19. The van der Waals surface area contributed by atoms with Crippen molar-refractivity contribution >= 4 is 33.2 Å². The van der Waals surface area contributed by atoms with E-state index in [1.54, 1.807) is 42.3 Å². The molecule has 26 heavy (non-hydrogen) atoms. The van der Waals surface area contributed by atoms with Crippen LogP contribution >= 0.6 is 11.6 Å². The van der Waals surface area contributed by atoms with Crippen molar-refractivity contribution in [2.75, 3.05) is 23.7 Å². The van der Waals surface area contributed by atoms with Crippen LogP contribution in [0.4, 0.5) is 5.69 Å². The van der Waals surface area contributed by atoms with E-state index < -0.39 is 10.0 Å². The molecule has 1 aliphatic rings. The number of hydrogen-bond acceptors (Lipinski definition) is 3. The van der Waals surface area contributed by atoms with Gasteiger partial charge < -0.3 is 4.90 Å². The fraction of sp³-hybridized carbons (Fsp3) is 0.316. The van der Waals surface area contributed by atoms with Crippen LogP contribution in [0, 0.1) is 0 Å². The maximum absolute atomic E-state index is 12.6. The van der Waals surface area contributed by atoms with E-state index in [1.807, 2.05) is 18.2 Å². The Bertz CT molecular complexity index is 897. The molecule has 0 aliphatic carbocycles. The highest BCUT2D eigenvalue weighted by molar-refractivity contribution is 7.92. The molecule has 1 fully saturated rings. The zero-order valence-electron chi connectivity index (χ0n) is 14.6. The Balaban J connectivity index is 1.72. The van der Waals surface area contributed by atoms with Gasteiger partial charge in [0.1, 0.15) is 0 Å². The van der Waals surface area contributed by atoms with E-state index in [-0.39, 0.29) is 11.7 Å². The highest BCUT2D eigenvalue weighted by Crippen LogP contribution is 2.24. The third-order valence-electron chi connectivity index (χ3n) is 4.41. The van der Waals surface area contributed by atoms with Crippen molar-refractivity contribution in [3.63, 3.8) is 0 Å². The van der Waals surface area contributed by atoms with Gasteiger partial charge in [-0.05, 0) is 54.8 Å². The van der Waals surface area contributed by atoms with Crippen LogP contribution in [-0.2, 0) is 16.6 Å². The molecular weight excluding hydrogens is 372 g/mol. The van der Waals surface area contributed by atoms with Gasteiger partial charge in [0.2, 0.25) is 10.0 Å². The Morgan fingerprint density at radius 3 is 2.54 bits per heavy atom. The van der Waals surface area contributed by atoms with E-state index in [1.165, 1.54) is 4.31 Å². The number of nitrogens with zero attached hydrogens (tertiary/aromatic N) is 2. The summed E-state index contributed by atoms with van der Waals surface area (Å²) in [5.74, 6) is 0.0498. The van der Waals surface area contributed by atoms with Crippen LogP contribution in [0.2, 0.25) is 5.02 Å². The average molecular weight is 393 g/mol. The molecular formula is C19H21ClN2O3S. The molecule has 138 valence electrons. The van der Waals surface area contributed by atoms with E-state index in [0.717, 1.165) is 12.0 Å². The Morgan fingerprint density at radius 1 is 1.15 bits per heavy atom. The summed E-state index contributed by atoms with van der Waals surface area (Å²) in [5, 5.41) is 0.635. The molecule has 0 unspecified atom stereocenters. The number of sulfonamides is 1. The predicted octanol–water partition coefficient (Wildman–Crippen LogP) is 3.54. The number of anilines is 1. The minimum atomic E-state index is -3.25. The monoisotopic (exact) mass is 392 g/mol. The van der Waals surface area contributed by atoms with E-state index in [4.69, 9.17) is 11.6 Å². The largest absolute Gasteiger partial charge is 0.337 e. The summed E-state index contributed by atoms with van der Waals surface area (Å²) in [6, 6.07) is 14.1. The number of halogens is 1. The number of hydrogen-bond donors (Lipinski definition) is 0. The highest BCUT2D eigenvalue weighted by Gasteiger charge is 2.26. The van der Waals surface area contributed by atoms with Crippen LogP contribution in [-0.4, -0.2) is 38.6 Å². The molecule has 7 heteroatoms. The van der Waals surface area contributed by atoms with Gasteiger partial charge >= 0.3 is 0 Å². The topological polar surface area (TPSA) is 57.7 Å². The van der Waals surface area contributed by atoms with Gasteiger partial charge in [-0.25, -0.2) is 8.42 Å². The first-order chi connectivity index (χ1) is 12.4. The van der Waals surface area contributed by atoms with Crippen LogP contribution in [0.15, 0.2) is 48.5 Å². The number of carbonyl (C=O) groups is 1. The van der Waals surface area contributed by atoms with Gasteiger partial charge in [0, 0.05) is 30.7 Å². The summed E-state index contributed by atoms with van der Waals surface area (Å²) in [7, 11) is -1.52. The van der Waals surface area contributed by atoms with Gasteiger partial charge in [-0.3, -0.25) is 9.10 Å². The lowest BCUT2D eigenvalue weighted by Gasteiger charge is -2.28. The highest BCUT2D eigenvalue weighted by atomic mass is 35.5. The van der Waals surface area contributed by atoms with Gasteiger partial charge in [-0.2, -0.15) is 0 Å². The normalized spacial score (nSPS) is 16.3. The molecule has 0 bridgehead atoms. The van der Waals surface area contributed by atoms with E-state index >= 15 is 0 Å². The van der Waals surface area contributed by atoms with E-state index in [0.29, 0.717) is 35.8 Å². The number of rotatable bonds is 4. The molecule has 1 amide bonds. The second kappa shape index (κ2) is 7.68. The smallest absolute Gasteiger partial charge is 0.253 e. The second-order valence-electron chi connectivity index (χ2n) is 6.43. The van der Waals surface area contributed by atoms with Gasteiger partial charge in [0.25, 0.3) is 5.91 Å². The molecule has 0 N–H and O–H groups in total. The molecule has 0 aromatic heterocycles. The number of amides is 1. The van der Waals surface area contributed by atoms with Crippen molar-refractivity contribution in [3.05, 3.63) is 64.7 Å². The minimum absolute atomic E-state index is 0.127. The summed E-state index contributed by atoms with van der Waals surface area (Å²) in [6.45, 7) is 0.936. The molecule has 0 spiro atoms. The quantitative estimate of drug-likeness (QED) is 0.799. The Hall–Kier alpha value is -2.05. The second-order valence-corrected chi connectivity index (χ2v) is 8.88. The number of carbonyl (C=O) groups excluding carboxylic acids is 1. The molecule has 0 saturated carbocycles. The fourth-order valence-corrected chi connectivity index (χ4v) is 4.90. The van der Waals surface area contributed by atoms with E-state index in [9.17, 15) is 13.2 Å². The molecule has 1 heterocycles. The average Bonchev–Trinajstić information content (AvgIpc) is 2.61. The molecule has 0 radical (unpaired) electrons. The van der Waals surface area contributed by atoms with Crippen molar-refractivity contribution in [1.82, 2.24) is 4.90 Å². The fourth-order valence-electron chi connectivity index (χ4n) is 3.05. The first-order valence-electron chi connectivity index (χ1n) is 8.47. The number of benzene rings is 2. The van der Waals surface area contributed by atoms with Crippen LogP contribution in [0.1, 0.15) is 28.8 Å². The standard InChI is InChI=1S/C19H21ClN2O3S/c1-21(14-15-5-4-6-17(20)13-15)19(23)16-7-9-18(10-8-16)22-11-2-3-12-26(22,24)25/h4-10,13H,2-3,11-12,14H2,1H3. The van der Waals surface area contributed by atoms with Gasteiger partial charge in [-0.1, -0.05) is 23.7 Å². The zero-order chi connectivity index (χ0) is 18.7. The molecule has 2 aromatic carbocycles. The van der Waals surface area contributed by atoms with Gasteiger partial charge in [0.05, 0.1) is 11.4 Å². The Labute approximate surface area is 159 Å². The Kier molecular flexibility index (Phi) is 5.53. The van der Waals surface area contributed by atoms with Crippen LogP contribution < -0.4 is 4.31 Å². The van der Waals surface area contributed by atoms with Crippen LogP contribution in [0.25, 0.3) is 0 Å². The van der Waals surface area contributed by atoms with Crippen molar-refractivity contribution in [1.29, 1.82) is 0 Å². The molecule has 1 aliphatic heterocycles. The lowest BCUT2D eigenvalue weighted by atomic mass is 10.1. The summed E-state index contributed by atoms with van der Waals surface area (Å²) in [4.78, 5) is 14.2. The zero-order valence-corrected chi connectivity index (χ0v) is 16.1. The minimum Gasteiger partial charge on any atom is -0.337 e. The summed E-state index contributed by atoms with van der Waals surface area (Å²) < 4.78 is 25.8. The summed E-state index contributed by atoms with van der Waals surface area (Å²) >= 11 is 5.98. The molecule has 5 nitrogen and oxygen atoms in total. The maximum atomic E-state index is 12.6. The molecule has 2 aromatic rings. The van der Waals surface area contributed by atoms with Crippen molar-refractivity contribution in [2.24, 2.45) is 0 Å². The lowest BCUT2D eigenvalue weighted by molar-refractivity contribution is 0.0785. The van der Waals surface area contributed by atoms with Crippen molar-refractivity contribution in [2.45, 2.75) is 19.4 Å². The van der Waals surface area contributed by atoms with Crippen LogP contribution in [0.3, 0.4) is 0 Å². The molecule has 3 rings (SSSR count). The van der Waals surface area contributed by atoms with Crippen molar-refractivity contribution < 1.29 is 13.2 Å². The first kappa shape index (κ1) is 18.7. The molecule has 1 saturated heterocycles. The van der Waals surface area contributed by atoms with E-state index in [2.05, 4.69) is 0 Å². The first-order valence-corrected chi connectivity index (χ1v) is 10.5. The van der Waals surface area contributed by atoms with Crippen molar-refractivity contribution in [3.8, 4) is 0 Å². The van der Waals surface area contributed by atoms with Gasteiger partial charge in [-0.15, -0.1) is 0 Å². The third-order valence-corrected chi connectivity index (χ3v) is 6.51. The SMILES string of the molecule is CN(Cc1cccc(Cl)c1)C(=O)c1ccc(N2CCCCS2(=O)=O)cc1.